The molecule has 7 nitrogen and oxygen atoms in total. The quantitative estimate of drug-likeness (QED) is 0.0283. The van der Waals surface area contributed by atoms with Gasteiger partial charge in [-0.05, 0) is 19.3 Å². The Kier molecular flexibility index (Phi) is 37.5. The van der Waals surface area contributed by atoms with E-state index in [0.717, 1.165) is 38.5 Å². The zero-order chi connectivity index (χ0) is 36.8. The standard InChI is InChI=1S/C42H84NO6P/c1-3-5-7-9-11-13-15-17-19-20-21-22-24-26-28-30-32-34-36-38-42(45)43-40(39-49-50(46,47)48)41(44)37-35-33-31-29-27-25-23-18-16-14-12-10-8-6-4-2/h35,37,40-41,44H,3-34,36,38-39H2,1-2H3,(H,43,45)(H2,46,47,48)/b37-35+/t40-,41+/m0/s1. The summed E-state index contributed by atoms with van der Waals surface area (Å²) in [5.41, 5.74) is 0. The van der Waals surface area contributed by atoms with E-state index in [1.54, 1.807) is 6.08 Å². The van der Waals surface area contributed by atoms with Crippen LogP contribution in [0.5, 0.6) is 0 Å². The third-order valence-corrected chi connectivity index (χ3v) is 10.5. The van der Waals surface area contributed by atoms with Crippen LogP contribution in [-0.4, -0.2) is 39.6 Å². The van der Waals surface area contributed by atoms with Crippen molar-refractivity contribution >= 4 is 13.7 Å². The third-order valence-electron chi connectivity index (χ3n) is 10.00. The van der Waals surface area contributed by atoms with Crippen LogP contribution in [0, 0.1) is 0 Å². The molecule has 0 unspecified atom stereocenters. The minimum Gasteiger partial charge on any atom is -0.387 e. The number of phosphoric acid groups is 1. The van der Waals surface area contributed by atoms with Gasteiger partial charge in [0.1, 0.15) is 0 Å². The SMILES string of the molecule is CCCCCCCCCCCCCCC/C=C/[C@@H](O)[C@H](COP(=O)(O)O)NC(=O)CCCCCCCCCCCCCCCCCCCCC. The van der Waals surface area contributed by atoms with Gasteiger partial charge in [-0.15, -0.1) is 0 Å². The lowest BCUT2D eigenvalue weighted by Gasteiger charge is -2.22. The third kappa shape index (κ3) is 38.5. The molecule has 0 aliphatic heterocycles. The second kappa shape index (κ2) is 38.0. The lowest BCUT2D eigenvalue weighted by molar-refractivity contribution is -0.123. The Hall–Kier alpha value is -0.720. The molecule has 0 aliphatic rings. The normalized spacial score (nSPS) is 13.3. The number of aliphatic hydroxyl groups excluding tert-OH is 1. The van der Waals surface area contributed by atoms with E-state index >= 15 is 0 Å². The molecule has 0 rings (SSSR count). The van der Waals surface area contributed by atoms with Gasteiger partial charge in [0.25, 0.3) is 0 Å². The number of rotatable bonds is 40. The maximum absolute atomic E-state index is 12.6. The predicted octanol–water partition coefficient (Wildman–Crippen LogP) is 12.8. The van der Waals surface area contributed by atoms with Crippen LogP contribution in [-0.2, 0) is 13.9 Å². The molecule has 0 saturated heterocycles. The van der Waals surface area contributed by atoms with Gasteiger partial charge in [0.15, 0.2) is 0 Å². The Morgan fingerprint density at radius 3 is 1.22 bits per heavy atom. The number of phosphoric ester groups is 1. The first-order chi connectivity index (χ1) is 24.3. The fourth-order valence-corrected chi connectivity index (χ4v) is 7.05. The Balaban J connectivity index is 3.91. The summed E-state index contributed by atoms with van der Waals surface area (Å²) < 4.78 is 15.9. The van der Waals surface area contributed by atoms with E-state index in [0.29, 0.717) is 6.42 Å². The molecule has 0 bridgehead atoms. The van der Waals surface area contributed by atoms with Gasteiger partial charge in [-0.2, -0.15) is 0 Å². The number of hydrogen-bond acceptors (Lipinski definition) is 4. The Morgan fingerprint density at radius 1 is 0.560 bits per heavy atom. The average Bonchev–Trinajstić information content (AvgIpc) is 3.08. The van der Waals surface area contributed by atoms with Crippen LogP contribution in [0.2, 0.25) is 0 Å². The van der Waals surface area contributed by atoms with E-state index in [9.17, 15) is 14.5 Å². The van der Waals surface area contributed by atoms with Crippen molar-refractivity contribution in [2.45, 2.75) is 244 Å². The Bertz CT molecular complexity index is 788. The molecule has 298 valence electrons. The number of allylic oxidation sites excluding steroid dienone is 1. The summed E-state index contributed by atoms with van der Waals surface area (Å²) in [6.45, 7) is 4.09. The average molecular weight is 730 g/mol. The van der Waals surface area contributed by atoms with Crippen molar-refractivity contribution in [1.82, 2.24) is 5.32 Å². The Morgan fingerprint density at radius 2 is 0.880 bits per heavy atom. The lowest BCUT2D eigenvalue weighted by Crippen LogP contribution is -2.45. The number of hydrogen-bond donors (Lipinski definition) is 4. The molecular weight excluding hydrogens is 645 g/mol. The molecule has 0 aromatic carbocycles. The highest BCUT2D eigenvalue weighted by atomic mass is 31.2. The summed E-state index contributed by atoms with van der Waals surface area (Å²) >= 11 is 0. The highest BCUT2D eigenvalue weighted by Crippen LogP contribution is 2.35. The van der Waals surface area contributed by atoms with Gasteiger partial charge in [0.2, 0.25) is 5.91 Å². The topological polar surface area (TPSA) is 116 Å². The maximum atomic E-state index is 12.6. The fourth-order valence-electron chi connectivity index (χ4n) is 6.70. The predicted molar refractivity (Wildman–Crippen MR) is 213 cm³/mol. The smallest absolute Gasteiger partial charge is 0.387 e. The van der Waals surface area contributed by atoms with Gasteiger partial charge < -0.3 is 20.2 Å². The monoisotopic (exact) mass is 730 g/mol. The van der Waals surface area contributed by atoms with E-state index in [2.05, 4.69) is 23.7 Å². The van der Waals surface area contributed by atoms with Crippen LogP contribution in [0.15, 0.2) is 12.2 Å². The van der Waals surface area contributed by atoms with Gasteiger partial charge in [-0.25, -0.2) is 4.57 Å². The zero-order valence-corrected chi connectivity index (χ0v) is 34.0. The number of carbonyl (C=O) groups is 1. The van der Waals surface area contributed by atoms with E-state index < -0.39 is 26.6 Å². The maximum Gasteiger partial charge on any atom is 0.469 e. The molecule has 0 heterocycles. The molecule has 0 aromatic rings. The fraction of sp³-hybridized carbons (Fsp3) is 0.929. The Labute approximate surface area is 310 Å². The first-order valence-corrected chi connectivity index (χ1v) is 23.2. The van der Waals surface area contributed by atoms with Crippen molar-refractivity contribution < 1.29 is 28.8 Å². The molecule has 0 aliphatic carbocycles. The molecule has 1 amide bonds. The molecule has 8 heteroatoms. The van der Waals surface area contributed by atoms with E-state index in [1.165, 1.54) is 173 Å². The van der Waals surface area contributed by atoms with Gasteiger partial charge in [0, 0.05) is 6.42 Å². The summed E-state index contributed by atoms with van der Waals surface area (Å²) in [6.07, 6.45) is 45.2. The van der Waals surface area contributed by atoms with E-state index in [1.807, 2.05) is 6.08 Å². The number of nitrogens with one attached hydrogen (secondary N) is 1. The van der Waals surface area contributed by atoms with Crippen LogP contribution in [0.4, 0.5) is 0 Å². The van der Waals surface area contributed by atoms with Crippen LogP contribution in [0.3, 0.4) is 0 Å². The second-order valence-corrected chi connectivity index (χ2v) is 16.3. The molecule has 0 aromatic heterocycles. The van der Waals surface area contributed by atoms with Crippen LogP contribution in [0.25, 0.3) is 0 Å². The molecule has 2 atom stereocenters. The summed E-state index contributed by atoms with van der Waals surface area (Å²) in [5.74, 6) is -0.222. The highest BCUT2D eigenvalue weighted by molar-refractivity contribution is 7.46. The first-order valence-electron chi connectivity index (χ1n) is 21.6. The molecule has 0 radical (unpaired) electrons. The van der Waals surface area contributed by atoms with Gasteiger partial charge >= 0.3 is 7.82 Å². The van der Waals surface area contributed by atoms with Gasteiger partial charge in [0.05, 0.1) is 18.8 Å². The summed E-state index contributed by atoms with van der Waals surface area (Å²) in [5, 5.41) is 13.4. The van der Waals surface area contributed by atoms with Gasteiger partial charge in [-0.3, -0.25) is 9.32 Å². The van der Waals surface area contributed by atoms with Crippen molar-refractivity contribution in [3.05, 3.63) is 12.2 Å². The number of unbranched alkanes of at least 4 members (excludes halogenated alkanes) is 31. The molecular formula is C42H84NO6P. The number of aliphatic hydroxyl groups is 1. The summed E-state index contributed by atoms with van der Waals surface area (Å²) in [7, 11) is -4.71. The highest BCUT2D eigenvalue weighted by Gasteiger charge is 2.24. The summed E-state index contributed by atoms with van der Waals surface area (Å²) in [4.78, 5) is 30.9. The zero-order valence-electron chi connectivity index (χ0n) is 33.1. The van der Waals surface area contributed by atoms with Crippen molar-refractivity contribution in [2.24, 2.45) is 0 Å². The first kappa shape index (κ1) is 49.3. The molecule has 50 heavy (non-hydrogen) atoms. The molecule has 0 spiro atoms. The molecule has 0 fully saturated rings. The van der Waals surface area contributed by atoms with Crippen LogP contribution in [0.1, 0.15) is 232 Å². The molecule has 0 saturated carbocycles. The van der Waals surface area contributed by atoms with Crippen molar-refractivity contribution in [1.29, 1.82) is 0 Å². The van der Waals surface area contributed by atoms with Crippen LogP contribution < -0.4 is 5.32 Å². The van der Waals surface area contributed by atoms with Crippen molar-refractivity contribution in [3.8, 4) is 0 Å². The second-order valence-electron chi connectivity index (χ2n) is 15.0. The van der Waals surface area contributed by atoms with Crippen molar-refractivity contribution in [2.75, 3.05) is 6.61 Å². The van der Waals surface area contributed by atoms with E-state index in [-0.39, 0.29) is 5.91 Å². The minimum atomic E-state index is -4.71. The minimum absolute atomic E-state index is 0.222. The van der Waals surface area contributed by atoms with Crippen LogP contribution >= 0.6 is 7.82 Å². The van der Waals surface area contributed by atoms with E-state index in [4.69, 9.17) is 9.79 Å². The summed E-state index contributed by atoms with van der Waals surface area (Å²) in [6, 6.07) is -0.904. The molecule has 4 N–H and O–H groups in total. The van der Waals surface area contributed by atoms with Crippen molar-refractivity contribution in [3.63, 3.8) is 0 Å². The largest absolute Gasteiger partial charge is 0.469 e. The lowest BCUT2D eigenvalue weighted by atomic mass is 10.0. The number of amides is 1. The van der Waals surface area contributed by atoms with Gasteiger partial charge in [-0.1, -0.05) is 219 Å². The number of carbonyl (C=O) groups excluding carboxylic acids is 1.